The molecule has 1 aromatic rings. The number of allylic oxidation sites excluding steroid dienone is 3. The van der Waals surface area contributed by atoms with Gasteiger partial charge in [0.15, 0.2) is 0 Å². The van der Waals surface area contributed by atoms with Crippen molar-refractivity contribution in [3.05, 3.63) is 35.8 Å². The number of hydrogen-bond donors (Lipinski definition) is 1. The zero-order chi connectivity index (χ0) is 18.2. The van der Waals surface area contributed by atoms with E-state index in [4.69, 9.17) is 0 Å². The van der Waals surface area contributed by atoms with Gasteiger partial charge in [0.2, 0.25) is 22.4 Å². The van der Waals surface area contributed by atoms with Gasteiger partial charge in [-0.05, 0) is 25.8 Å². The average Bonchev–Trinajstić information content (AvgIpc) is 2.55. The number of hydrogen-bond acceptors (Lipinski definition) is 5. The van der Waals surface area contributed by atoms with E-state index in [0.717, 1.165) is 18.4 Å². The van der Waals surface area contributed by atoms with E-state index in [1.807, 2.05) is 26.0 Å². The quantitative estimate of drug-likeness (QED) is 0.543. The molecule has 0 unspecified atom stereocenters. The molecule has 0 radical (unpaired) electrons. The number of nitrogens with one attached hydrogen (secondary N) is 1. The van der Waals surface area contributed by atoms with Gasteiger partial charge in [-0.3, -0.25) is 9.52 Å². The van der Waals surface area contributed by atoms with Crippen LogP contribution in [0.2, 0.25) is 0 Å². The third-order valence-corrected chi connectivity index (χ3v) is 4.39. The van der Waals surface area contributed by atoms with Crippen LogP contribution in [0.25, 0.3) is 5.57 Å². The Hall–Kier alpha value is -2.22. The minimum Gasteiger partial charge on any atom is -0.324 e. The summed E-state index contributed by atoms with van der Waals surface area (Å²) in [5.41, 5.74) is 2.20. The molecule has 7 nitrogen and oxygen atoms in total. The maximum atomic E-state index is 11.7. The van der Waals surface area contributed by atoms with E-state index in [0.29, 0.717) is 17.7 Å². The van der Waals surface area contributed by atoms with Crippen LogP contribution in [0.4, 0.5) is 5.95 Å². The third kappa shape index (κ3) is 5.77. The van der Waals surface area contributed by atoms with Crippen LogP contribution in [0.3, 0.4) is 0 Å². The van der Waals surface area contributed by atoms with Gasteiger partial charge >= 0.3 is 0 Å². The fourth-order valence-corrected chi connectivity index (χ4v) is 2.50. The average molecular weight is 352 g/mol. The number of anilines is 1. The molecule has 132 valence electrons. The van der Waals surface area contributed by atoms with Crippen LogP contribution in [0, 0.1) is 0 Å². The highest BCUT2D eigenvalue weighted by Crippen LogP contribution is 2.21. The van der Waals surface area contributed by atoms with E-state index in [9.17, 15) is 13.2 Å². The van der Waals surface area contributed by atoms with Crippen molar-refractivity contribution in [3.63, 3.8) is 0 Å². The first-order chi connectivity index (χ1) is 11.4. The topological polar surface area (TPSA) is 92.3 Å². The van der Waals surface area contributed by atoms with Gasteiger partial charge in [-0.1, -0.05) is 25.5 Å². The Morgan fingerprint density at radius 3 is 2.62 bits per heavy atom. The van der Waals surface area contributed by atoms with Gasteiger partial charge < -0.3 is 4.90 Å². The second-order valence-corrected chi connectivity index (χ2v) is 7.19. The van der Waals surface area contributed by atoms with Crippen molar-refractivity contribution < 1.29 is 13.2 Å². The molecule has 1 N–H and O–H groups in total. The normalized spacial score (nSPS) is 12.4. The zero-order valence-electron chi connectivity index (χ0n) is 14.5. The Morgan fingerprint density at radius 2 is 2.08 bits per heavy atom. The lowest BCUT2D eigenvalue weighted by molar-refractivity contribution is -0.114. The first-order valence-electron chi connectivity index (χ1n) is 7.75. The molecule has 8 heteroatoms. The van der Waals surface area contributed by atoms with Crippen LogP contribution in [0.15, 0.2) is 24.5 Å². The van der Waals surface area contributed by atoms with Crippen molar-refractivity contribution in [1.29, 1.82) is 0 Å². The summed E-state index contributed by atoms with van der Waals surface area (Å²) in [7, 11) is -1.84. The van der Waals surface area contributed by atoms with Gasteiger partial charge in [-0.2, -0.15) is 0 Å². The smallest absolute Gasteiger partial charge is 0.237 e. The highest BCUT2D eigenvalue weighted by Gasteiger charge is 2.14. The Morgan fingerprint density at radius 1 is 1.38 bits per heavy atom. The summed E-state index contributed by atoms with van der Waals surface area (Å²) in [6.07, 6.45) is 9.24. The van der Waals surface area contributed by atoms with Crippen LogP contribution in [0.5, 0.6) is 0 Å². The number of nitrogens with zero attached hydrogens (tertiary/aromatic N) is 3. The number of sulfonamides is 1. The molecule has 0 aliphatic carbocycles. The van der Waals surface area contributed by atoms with Gasteiger partial charge in [-0.25, -0.2) is 18.4 Å². The van der Waals surface area contributed by atoms with E-state index >= 15 is 0 Å². The molecule has 0 saturated carbocycles. The fraction of sp³-hybridized carbons (Fsp3) is 0.438. The molecule has 1 aromatic heterocycles. The summed E-state index contributed by atoms with van der Waals surface area (Å²) in [5.74, 6) is -0.0377. The Balaban J connectivity index is 3.43. The van der Waals surface area contributed by atoms with Gasteiger partial charge in [0.05, 0.1) is 11.4 Å². The van der Waals surface area contributed by atoms with Gasteiger partial charge in [0.1, 0.15) is 0 Å². The lowest BCUT2D eigenvalue weighted by atomic mass is 10.0. The highest BCUT2D eigenvalue weighted by atomic mass is 32.2. The molecule has 0 aliphatic heterocycles. The van der Waals surface area contributed by atoms with Crippen molar-refractivity contribution in [2.24, 2.45) is 0 Å². The largest absolute Gasteiger partial charge is 0.324 e. The van der Waals surface area contributed by atoms with Crippen molar-refractivity contribution in [1.82, 2.24) is 14.9 Å². The fourth-order valence-electron chi connectivity index (χ4n) is 1.98. The summed E-state index contributed by atoms with van der Waals surface area (Å²) < 4.78 is 25.8. The van der Waals surface area contributed by atoms with E-state index in [1.165, 1.54) is 4.90 Å². The van der Waals surface area contributed by atoms with Gasteiger partial charge in [0, 0.05) is 25.0 Å². The van der Waals surface area contributed by atoms with Crippen LogP contribution >= 0.6 is 0 Å². The molecule has 0 spiro atoms. The highest BCUT2D eigenvalue weighted by molar-refractivity contribution is 7.92. The summed E-state index contributed by atoms with van der Waals surface area (Å²) in [6, 6.07) is 0. The predicted octanol–water partition coefficient (Wildman–Crippen LogP) is 2.20. The Labute approximate surface area is 143 Å². The zero-order valence-corrected chi connectivity index (χ0v) is 15.3. The maximum Gasteiger partial charge on any atom is 0.237 e. The second-order valence-electron chi connectivity index (χ2n) is 5.18. The molecule has 1 rings (SSSR count). The van der Waals surface area contributed by atoms with E-state index in [1.54, 1.807) is 26.4 Å². The van der Waals surface area contributed by atoms with Crippen LogP contribution in [-0.2, 0) is 21.2 Å². The molecule has 0 bridgehead atoms. The molecule has 1 amide bonds. The summed E-state index contributed by atoms with van der Waals surface area (Å²) in [6.45, 7) is 5.43. The number of rotatable bonds is 9. The summed E-state index contributed by atoms with van der Waals surface area (Å²) in [5, 5.41) is 0. The lowest BCUT2D eigenvalue weighted by Gasteiger charge is -2.13. The molecule has 24 heavy (non-hydrogen) atoms. The predicted molar refractivity (Wildman–Crippen MR) is 95.7 cm³/mol. The molecule has 0 atom stereocenters. The van der Waals surface area contributed by atoms with Crippen LogP contribution in [-0.4, -0.2) is 42.5 Å². The van der Waals surface area contributed by atoms with Crippen molar-refractivity contribution in [3.8, 4) is 0 Å². The number of carbonyl (C=O) groups is 1. The van der Waals surface area contributed by atoms with Crippen molar-refractivity contribution in [2.75, 3.05) is 17.5 Å². The minimum absolute atomic E-state index is 0.0239. The first kappa shape index (κ1) is 19.8. The van der Waals surface area contributed by atoms with E-state index < -0.39 is 10.0 Å². The molecule has 0 aromatic carbocycles. The molecular formula is C16H24N4O3S. The van der Waals surface area contributed by atoms with Gasteiger partial charge in [-0.15, -0.1) is 0 Å². The van der Waals surface area contributed by atoms with Crippen LogP contribution < -0.4 is 4.72 Å². The minimum atomic E-state index is -3.46. The SMILES string of the molecule is C/C=C\C(=C/N(C)C=O)c1nc(NS(=O)(=O)CC)ncc1CCC. The Kier molecular flexibility index (Phi) is 7.57. The third-order valence-electron chi connectivity index (χ3n) is 3.14. The molecule has 0 fully saturated rings. The summed E-state index contributed by atoms with van der Waals surface area (Å²) >= 11 is 0. The lowest BCUT2D eigenvalue weighted by Crippen LogP contribution is -2.17. The molecular weight excluding hydrogens is 328 g/mol. The number of aryl methyl sites for hydroxylation is 1. The number of aromatic nitrogens is 2. The van der Waals surface area contributed by atoms with E-state index in [-0.39, 0.29) is 11.7 Å². The van der Waals surface area contributed by atoms with Crippen molar-refractivity contribution in [2.45, 2.75) is 33.6 Å². The van der Waals surface area contributed by atoms with Gasteiger partial charge in [0.25, 0.3) is 0 Å². The molecule has 1 heterocycles. The van der Waals surface area contributed by atoms with E-state index in [2.05, 4.69) is 14.7 Å². The first-order valence-corrected chi connectivity index (χ1v) is 9.40. The second kappa shape index (κ2) is 9.17. The number of amides is 1. The standard InChI is InChI=1S/C16H24N4O3S/c1-5-8-13-10-17-16(19-24(22,23)7-3)18-15(13)14(9-6-2)11-20(4)12-21/h6,9-12H,5,7-8H2,1-4H3,(H,17,18,19)/b9-6-,14-11+. The summed E-state index contributed by atoms with van der Waals surface area (Å²) in [4.78, 5) is 20.8. The Bertz CT molecular complexity index is 727. The van der Waals surface area contributed by atoms with Crippen LogP contribution in [0.1, 0.15) is 38.4 Å². The monoisotopic (exact) mass is 352 g/mol. The molecule has 0 saturated heterocycles. The number of carbonyl (C=O) groups excluding carboxylic acids is 1. The molecule has 0 aliphatic rings. The maximum absolute atomic E-state index is 11.7. The van der Waals surface area contributed by atoms with Crippen molar-refractivity contribution >= 4 is 28.0 Å².